The largest absolute Gasteiger partial charge is 0.381 e. The molecule has 158 valence electrons. The monoisotopic (exact) mass is 374 g/mol. The van der Waals surface area contributed by atoms with Crippen LogP contribution in [0.4, 0.5) is 0 Å². The average Bonchev–Trinajstić information content (AvgIpc) is 2.56. The van der Waals surface area contributed by atoms with Crippen LogP contribution in [0, 0.1) is 10.8 Å². The molecular weight excluding hydrogens is 328 g/mol. The highest BCUT2D eigenvalue weighted by Gasteiger charge is 2.27. The maximum absolute atomic E-state index is 6.14. The quantitative estimate of drug-likeness (QED) is 0.427. The second kappa shape index (κ2) is 11.0. The Kier molecular flexibility index (Phi) is 10.9. The van der Waals surface area contributed by atoms with Gasteiger partial charge >= 0.3 is 0 Å². The third kappa shape index (κ3) is 11.5. The fourth-order valence-electron chi connectivity index (χ4n) is 2.12. The highest BCUT2D eigenvalue weighted by molar-refractivity contribution is 4.77. The van der Waals surface area contributed by atoms with Gasteiger partial charge in [0.15, 0.2) is 0 Å². The van der Waals surface area contributed by atoms with Crippen LogP contribution < -0.4 is 11.5 Å². The molecule has 0 amide bonds. The van der Waals surface area contributed by atoms with E-state index in [1.54, 1.807) is 0 Å². The predicted octanol–water partition coefficient (Wildman–Crippen LogP) is 3.73. The summed E-state index contributed by atoms with van der Waals surface area (Å²) in [7, 11) is 0. The van der Waals surface area contributed by atoms with Crippen LogP contribution in [-0.2, 0) is 14.2 Å². The van der Waals surface area contributed by atoms with E-state index in [0.29, 0.717) is 39.5 Å². The summed E-state index contributed by atoms with van der Waals surface area (Å²) in [6, 6.07) is 0. The van der Waals surface area contributed by atoms with Crippen LogP contribution in [0.5, 0.6) is 0 Å². The Morgan fingerprint density at radius 2 is 1.23 bits per heavy atom. The summed E-state index contributed by atoms with van der Waals surface area (Å²) in [6.45, 7) is 21.0. The van der Waals surface area contributed by atoms with Gasteiger partial charge in [0.05, 0.1) is 31.0 Å². The third-order valence-corrected chi connectivity index (χ3v) is 5.25. The molecule has 1 atom stereocenters. The van der Waals surface area contributed by atoms with Crippen LogP contribution in [-0.4, -0.2) is 50.7 Å². The number of hydrogen-bond donors (Lipinski definition) is 2. The van der Waals surface area contributed by atoms with Crippen LogP contribution in [0.15, 0.2) is 0 Å². The van der Waals surface area contributed by atoms with Crippen LogP contribution in [0.3, 0.4) is 0 Å². The molecule has 0 radical (unpaired) electrons. The normalized spacial score (nSPS) is 15.9. The fraction of sp³-hybridized carbons (Fsp3) is 1.00. The molecule has 0 aliphatic rings. The molecule has 5 heteroatoms. The molecule has 0 aliphatic carbocycles. The van der Waals surface area contributed by atoms with Gasteiger partial charge in [-0.15, -0.1) is 0 Å². The molecule has 1 unspecified atom stereocenters. The van der Waals surface area contributed by atoms with Crippen LogP contribution in [0.2, 0.25) is 0 Å². The Morgan fingerprint density at radius 3 is 1.73 bits per heavy atom. The standard InChI is InChI=1S/C21H46N2O3/c1-9-21(8,15-23)17-26-20(6,7)11-13-25-19(4,5)10-12-24-16-18(2,3)14-22/h9-17,22-23H2,1-8H3. The Labute approximate surface area is 162 Å². The van der Waals surface area contributed by atoms with E-state index in [2.05, 4.69) is 55.4 Å². The zero-order valence-electron chi connectivity index (χ0n) is 18.7. The first kappa shape index (κ1) is 25.8. The highest BCUT2D eigenvalue weighted by atomic mass is 16.5. The molecule has 0 saturated heterocycles. The Bertz CT molecular complexity index is 377. The lowest BCUT2D eigenvalue weighted by Crippen LogP contribution is -2.38. The van der Waals surface area contributed by atoms with Gasteiger partial charge in [-0.3, -0.25) is 0 Å². The molecule has 0 bridgehead atoms. The van der Waals surface area contributed by atoms with Crippen molar-refractivity contribution in [3.8, 4) is 0 Å². The zero-order valence-corrected chi connectivity index (χ0v) is 18.7. The molecule has 0 aliphatic heterocycles. The van der Waals surface area contributed by atoms with Gasteiger partial charge in [-0.25, -0.2) is 0 Å². The minimum Gasteiger partial charge on any atom is -0.381 e. The fourth-order valence-corrected chi connectivity index (χ4v) is 2.12. The van der Waals surface area contributed by atoms with Crippen molar-refractivity contribution < 1.29 is 14.2 Å². The van der Waals surface area contributed by atoms with Crippen molar-refractivity contribution in [1.29, 1.82) is 0 Å². The summed E-state index contributed by atoms with van der Waals surface area (Å²) in [6.07, 6.45) is 2.72. The van der Waals surface area contributed by atoms with Gasteiger partial charge in [0.2, 0.25) is 0 Å². The van der Waals surface area contributed by atoms with Crippen molar-refractivity contribution in [3.63, 3.8) is 0 Å². The molecular formula is C21H46N2O3. The smallest absolute Gasteiger partial charge is 0.0648 e. The van der Waals surface area contributed by atoms with Crippen LogP contribution in [0.1, 0.15) is 74.7 Å². The number of nitrogens with two attached hydrogens (primary N) is 2. The first-order valence-electron chi connectivity index (χ1n) is 10.1. The summed E-state index contributed by atoms with van der Waals surface area (Å²) in [5, 5.41) is 0. The third-order valence-electron chi connectivity index (χ3n) is 5.25. The van der Waals surface area contributed by atoms with Gasteiger partial charge in [-0.05, 0) is 60.0 Å². The average molecular weight is 375 g/mol. The lowest BCUT2D eigenvalue weighted by molar-refractivity contribution is -0.0971. The molecule has 0 aromatic heterocycles. The van der Waals surface area contributed by atoms with Gasteiger partial charge in [0.25, 0.3) is 0 Å². The minimum atomic E-state index is -0.219. The van der Waals surface area contributed by atoms with Crippen molar-refractivity contribution in [1.82, 2.24) is 0 Å². The second-order valence-corrected chi connectivity index (χ2v) is 9.95. The van der Waals surface area contributed by atoms with Crippen LogP contribution >= 0.6 is 0 Å². The van der Waals surface area contributed by atoms with E-state index in [0.717, 1.165) is 19.3 Å². The van der Waals surface area contributed by atoms with Gasteiger partial charge in [0.1, 0.15) is 0 Å². The minimum absolute atomic E-state index is 0.0306. The van der Waals surface area contributed by atoms with E-state index in [1.807, 2.05) is 0 Å². The lowest BCUT2D eigenvalue weighted by Gasteiger charge is -2.34. The SMILES string of the molecule is CCC(C)(CN)COC(C)(C)CCOC(C)(C)CCOCC(C)(C)CN. The zero-order chi connectivity index (χ0) is 20.5. The Hall–Kier alpha value is -0.200. The summed E-state index contributed by atoms with van der Waals surface area (Å²) in [5.74, 6) is 0. The van der Waals surface area contributed by atoms with Crippen molar-refractivity contribution in [2.24, 2.45) is 22.3 Å². The molecule has 0 aromatic rings. The summed E-state index contributed by atoms with van der Waals surface area (Å²) < 4.78 is 18.0. The van der Waals surface area contributed by atoms with E-state index >= 15 is 0 Å². The molecule has 26 heavy (non-hydrogen) atoms. The molecule has 0 heterocycles. The first-order chi connectivity index (χ1) is 11.8. The molecule has 0 spiro atoms. The van der Waals surface area contributed by atoms with Gasteiger partial charge in [-0.1, -0.05) is 27.7 Å². The molecule has 0 fully saturated rings. The van der Waals surface area contributed by atoms with Crippen molar-refractivity contribution in [2.45, 2.75) is 85.9 Å². The summed E-state index contributed by atoms with van der Waals surface area (Å²) >= 11 is 0. The topological polar surface area (TPSA) is 79.7 Å². The number of hydrogen-bond acceptors (Lipinski definition) is 5. The summed E-state index contributed by atoms with van der Waals surface area (Å²) in [4.78, 5) is 0. The van der Waals surface area contributed by atoms with Gasteiger partial charge in [0, 0.05) is 17.4 Å². The molecule has 4 N–H and O–H groups in total. The maximum atomic E-state index is 6.14. The molecule has 0 aromatic carbocycles. The first-order valence-corrected chi connectivity index (χ1v) is 10.1. The van der Waals surface area contributed by atoms with E-state index in [-0.39, 0.29) is 22.0 Å². The Balaban J connectivity index is 4.14. The lowest BCUT2D eigenvalue weighted by atomic mass is 9.88. The van der Waals surface area contributed by atoms with Crippen LogP contribution in [0.25, 0.3) is 0 Å². The maximum Gasteiger partial charge on any atom is 0.0648 e. The van der Waals surface area contributed by atoms with Crippen molar-refractivity contribution in [3.05, 3.63) is 0 Å². The Morgan fingerprint density at radius 1 is 0.692 bits per heavy atom. The number of ether oxygens (including phenoxy) is 3. The van der Waals surface area contributed by atoms with Crippen molar-refractivity contribution in [2.75, 3.05) is 39.5 Å². The van der Waals surface area contributed by atoms with E-state index in [1.165, 1.54) is 0 Å². The number of rotatable bonds is 15. The highest BCUT2D eigenvalue weighted by Crippen LogP contribution is 2.25. The van der Waals surface area contributed by atoms with Gasteiger partial charge in [-0.2, -0.15) is 0 Å². The second-order valence-electron chi connectivity index (χ2n) is 9.95. The van der Waals surface area contributed by atoms with E-state index < -0.39 is 0 Å². The van der Waals surface area contributed by atoms with E-state index in [9.17, 15) is 0 Å². The predicted molar refractivity (Wildman–Crippen MR) is 110 cm³/mol. The summed E-state index contributed by atoms with van der Waals surface area (Å²) in [5.41, 5.74) is 11.2. The van der Waals surface area contributed by atoms with Crippen molar-refractivity contribution >= 4 is 0 Å². The molecule has 0 saturated carbocycles. The molecule has 5 nitrogen and oxygen atoms in total. The molecule has 0 rings (SSSR count). The van der Waals surface area contributed by atoms with Gasteiger partial charge < -0.3 is 25.7 Å². The van der Waals surface area contributed by atoms with E-state index in [4.69, 9.17) is 25.7 Å².